The Bertz CT molecular complexity index is 627. The van der Waals surface area contributed by atoms with Gasteiger partial charge in [0.1, 0.15) is 11.8 Å². The SMILES string of the molecule is Cc1cc(C)c(C)c(Oc2cnccc2C#N)c1. The normalized spacial score (nSPS) is 9.89. The van der Waals surface area contributed by atoms with Crippen LogP contribution in [0.4, 0.5) is 0 Å². The second-order valence-corrected chi connectivity index (χ2v) is 4.29. The highest BCUT2D eigenvalue weighted by Gasteiger charge is 2.08. The lowest BCUT2D eigenvalue weighted by Crippen LogP contribution is -1.94. The Morgan fingerprint density at radius 3 is 2.67 bits per heavy atom. The first-order valence-corrected chi connectivity index (χ1v) is 5.71. The molecule has 0 atom stereocenters. The molecule has 1 aromatic heterocycles. The van der Waals surface area contributed by atoms with Gasteiger partial charge >= 0.3 is 0 Å². The minimum Gasteiger partial charge on any atom is -0.454 e. The minimum absolute atomic E-state index is 0.489. The van der Waals surface area contributed by atoms with Crippen molar-refractivity contribution < 1.29 is 4.74 Å². The lowest BCUT2D eigenvalue weighted by Gasteiger charge is -2.12. The highest BCUT2D eigenvalue weighted by molar-refractivity contribution is 5.47. The van der Waals surface area contributed by atoms with Crippen LogP contribution in [0.3, 0.4) is 0 Å². The van der Waals surface area contributed by atoms with Gasteiger partial charge in [-0.05, 0) is 49.6 Å². The molecule has 0 bridgehead atoms. The highest BCUT2D eigenvalue weighted by Crippen LogP contribution is 2.29. The number of hydrogen-bond donors (Lipinski definition) is 0. The number of rotatable bonds is 2. The lowest BCUT2D eigenvalue weighted by molar-refractivity contribution is 0.474. The smallest absolute Gasteiger partial charge is 0.163 e. The zero-order valence-corrected chi connectivity index (χ0v) is 10.7. The van der Waals surface area contributed by atoms with E-state index in [0.717, 1.165) is 16.9 Å². The van der Waals surface area contributed by atoms with Crippen LogP contribution in [-0.4, -0.2) is 4.98 Å². The fourth-order valence-electron chi connectivity index (χ4n) is 1.78. The van der Waals surface area contributed by atoms with Crippen molar-refractivity contribution >= 4 is 0 Å². The van der Waals surface area contributed by atoms with Gasteiger partial charge in [0, 0.05) is 6.20 Å². The maximum atomic E-state index is 9.02. The molecular formula is C15H14N2O. The van der Waals surface area contributed by atoms with Crippen molar-refractivity contribution in [3.05, 3.63) is 52.8 Å². The topological polar surface area (TPSA) is 45.9 Å². The average molecular weight is 238 g/mol. The molecule has 3 nitrogen and oxygen atoms in total. The number of benzene rings is 1. The monoisotopic (exact) mass is 238 g/mol. The molecule has 0 unspecified atom stereocenters. The fraction of sp³-hybridized carbons (Fsp3) is 0.200. The molecule has 0 saturated carbocycles. The summed E-state index contributed by atoms with van der Waals surface area (Å²) in [5, 5.41) is 9.02. The van der Waals surface area contributed by atoms with Gasteiger partial charge in [0.15, 0.2) is 5.75 Å². The van der Waals surface area contributed by atoms with Gasteiger partial charge in [0.25, 0.3) is 0 Å². The molecule has 0 aliphatic carbocycles. The zero-order chi connectivity index (χ0) is 13.1. The van der Waals surface area contributed by atoms with Gasteiger partial charge in [-0.15, -0.1) is 0 Å². The third-order valence-corrected chi connectivity index (χ3v) is 2.89. The molecule has 0 fully saturated rings. The summed E-state index contributed by atoms with van der Waals surface area (Å²) in [6.07, 6.45) is 3.15. The number of pyridine rings is 1. The van der Waals surface area contributed by atoms with Crippen LogP contribution in [0.5, 0.6) is 11.5 Å². The molecular weight excluding hydrogens is 224 g/mol. The van der Waals surface area contributed by atoms with Crippen molar-refractivity contribution in [1.82, 2.24) is 4.98 Å². The van der Waals surface area contributed by atoms with Crippen LogP contribution in [0.15, 0.2) is 30.6 Å². The summed E-state index contributed by atoms with van der Waals surface area (Å²) in [6.45, 7) is 6.07. The first-order chi connectivity index (χ1) is 8.61. The van der Waals surface area contributed by atoms with E-state index in [9.17, 15) is 0 Å². The van der Waals surface area contributed by atoms with Crippen molar-refractivity contribution in [1.29, 1.82) is 5.26 Å². The molecule has 0 radical (unpaired) electrons. The van der Waals surface area contributed by atoms with Gasteiger partial charge in [-0.1, -0.05) is 6.07 Å². The molecule has 0 spiro atoms. The highest BCUT2D eigenvalue weighted by atomic mass is 16.5. The maximum Gasteiger partial charge on any atom is 0.163 e. The van der Waals surface area contributed by atoms with Gasteiger partial charge in [0.05, 0.1) is 11.8 Å². The second-order valence-electron chi connectivity index (χ2n) is 4.29. The van der Waals surface area contributed by atoms with Gasteiger partial charge in [-0.2, -0.15) is 5.26 Å². The largest absolute Gasteiger partial charge is 0.454 e. The van der Waals surface area contributed by atoms with Crippen molar-refractivity contribution in [2.75, 3.05) is 0 Å². The summed E-state index contributed by atoms with van der Waals surface area (Å²) < 4.78 is 5.81. The molecule has 90 valence electrons. The van der Waals surface area contributed by atoms with Crippen molar-refractivity contribution in [3.63, 3.8) is 0 Å². The van der Waals surface area contributed by atoms with E-state index in [1.165, 1.54) is 5.56 Å². The Labute approximate surface area is 107 Å². The van der Waals surface area contributed by atoms with E-state index in [1.807, 2.05) is 26.8 Å². The number of aryl methyl sites for hydroxylation is 2. The van der Waals surface area contributed by atoms with Gasteiger partial charge in [-0.25, -0.2) is 0 Å². The van der Waals surface area contributed by atoms with Gasteiger partial charge in [-0.3, -0.25) is 4.98 Å². The first kappa shape index (κ1) is 12.1. The van der Waals surface area contributed by atoms with E-state index >= 15 is 0 Å². The Balaban J connectivity index is 2.44. The second kappa shape index (κ2) is 4.89. The average Bonchev–Trinajstić information content (AvgIpc) is 2.36. The Kier molecular flexibility index (Phi) is 3.29. The molecule has 1 aromatic carbocycles. The first-order valence-electron chi connectivity index (χ1n) is 5.71. The maximum absolute atomic E-state index is 9.02. The van der Waals surface area contributed by atoms with Crippen molar-refractivity contribution in [2.45, 2.75) is 20.8 Å². The Morgan fingerprint density at radius 2 is 1.94 bits per heavy atom. The molecule has 0 N–H and O–H groups in total. The third kappa shape index (κ3) is 2.33. The van der Waals surface area contributed by atoms with E-state index in [0.29, 0.717) is 11.3 Å². The van der Waals surface area contributed by atoms with Crippen molar-refractivity contribution in [3.8, 4) is 17.6 Å². The standard InChI is InChI=1S/C15H14N2O/c1-10-6-11(2)12(3)14(7-10)18-15-9-17-5-4-13(15)8-16/h4-7,9H,1-3H3. The summed E-state index contributed by atoms with van der Waals surface area (Å²) in [5.74, 6) is 1.27. The van der Waals surface area contributed by atoms with Crippen LogP contribution >= 0.6 is 0 Å². The van der Waals surface area contributed by atoms with Crippen molar-refractivity contribution in [2.24, 2.45) is 0 Å². The Hall–Kier alpha value is -2.34. The molecule has 2 rings (SSSR count). The van der Waals surface area contributed by atoms with E-state index < -0.39 is 0 Å². The Morgan fingerprint density at radius 1 is 1.17 bits per heavy atom. The zero-order valence-electron chi connectivity index (χ0n) is 10.7. The molecule has 3 heteroatoms. The summed E-state index contributed by atoms with van der Waals surface area (Å²) in [7, 11) is 0. The molecule has 0 aliphatic rings. The van der Waals surface area contributed by atoms with Crippen LogP contribution < -0.4 is 4.74 Å². The predicted molar refractivity (Wildman–Crippen MR) is 69.7 cm³/mol. The summed E-state index contributed by atoms with van der Waals surface area (Å²) >= 11 is 0. The van der Waals surface area contributed by atoms with E-state index in [-0.39, 0.29) is 0 Å². The van der Waals surface area contributed by atoms with E-state index in [1.54, 1.807) is 18.5 Å². The van der Waals surface area contributed by atoms with Gasteiger partial charge in [0.2, 0.25) is 0 Å². The molecule has 0 amide bonds. The quantitative estimate of drug-likeness (QED) is 0.801. The van der Waals surface area contributed by atoms with Crippen LogP contribution in [0.25, 0.3) is 0 Å². The molecule has 0 aliphatic heterocycles. The van der Waals surface area contributed by atoms with E-state index in [4.69, 9.17) is 10.00 Å². The number of nitriles is 1. The predicted octanol–water partition coefficient (Wildman–Crippen LogP) is 3.67. The van der Waals surface area contributed by atoms with Gasteiger partial charge < -0.3 is 4.74 Å². The van der Waals surface area contributed by atoms with Crippen LogP contribution in [0.1, 0.15) is 22.3 Å². The number of ether oxygens (including phenoxy) is 1. The summed E-state index contributed by atoms with van der Waals surface area (Å²) in [4.78, 5) is 3.99. The number of hydrogen-bond acceptors (Lipinski definition) is 3. The van der Waals surface area contributed by atoms with Crippen LogP contribution in [0, 0.1) is 32.1 Å². The minimum atomic E-state index is 0.489. The van der Waals surface area contributed by atoms with Crippen LogP contribution in [-0.2, 0) is 0 Å². The van der Waals surface area contributed by atoms with E-state index in [2.05, 4.69) is 17.1 Å². The summed E-state index contributed by atoms with van der Waals surface area (Å²) in [6, 6.07) is 7.82. The number of aromatic nitrogens is 1. The fourth-order valence-corrected chi connectivity index (χ4v) is 1.78. The molecule has 1 heterocycles. The van der Waals surface area contributed by atoms with Crippen LogP contribution in [0.2, 0.25) is 0 Å². The molecule has 0 saturated heterocycles. The summed E-state index contributed by atoms with van der Waals surface area (Å²) in [5.41, 5.74) is 3.87. The third-order valence-electron chi connectivity index (χ3n) is 2.89. The molecule has 2 aromatic rings. The molecule has 18 heavy (non-hydrogen) atoms. The number of nitrogens with zero attached hydrogens (tertiary/aromatic N) is 2. The lowest BCUT2D eigenvalue weighted by atomic mass is 10.1.